The molecule has 0 aromatic heterocycles. The number of benzene rings is 3. The predicted molar refractivity (Wildman–Crippen MR) is 160 cm³/mol. The van der Waals surface area contributed by atoms with Gasteiger partial charge in [-0.2, -0.15) is 26.3 Å². The standard InChI is InChI=1S/C26H27N5O4.2C2HF3O2/c27-24(28)18-9-11-19(12-10-18)26(34)31(15-17-5-2-1-3-6-17)21(14-23(32)33)16-35-22-8-4-7-20(13-22)25(29)30;2*3-2(4,5)1(6)7/h1-13,21H,14-16H2,(H3,27,28)(H3,29,30)(H,32,33);2*(H,6,7)/t21-;;/m1../s1. The molecule has 0 saturated carbocycles. The number of carbonyl (C=O) groups is 4. The van der Waals surface area contributed by atoms with E-state index in [0.29, 0.717) is 22.4 Å². The van der Waals surface area contributed by atoms with Crippen LogP contribution in [0.15, 0.2) is 78.9 Å². The van der Waals surface area contributed by atoms with E-state index < -0.39 is 36.3 Å². The van der Waals surface area contributed by atoms with Gasteiger partial charge < -0.3 is 36.4 Å². The number of carboxylic acids is 3. The molecule has 0 heterocycles. The number of hydrogen-bond donors (Lipinski definition) is 7. The molecule has 1 amide bonds. The van der Waals surface area contributed by atoms with Crippen molar-refractivity contribution >= 4 is 35.5 Å². The first kappa shape index (κ1) is 40.9. The van der Waals surface area contributed by atoms with Crippen LogP contribution in [0.1, 0.15) is 33.5 Å². The lowest BCUT2D eigenvalue weighted by atomic mass is 10.1. The Kier molecular flexibility index (Phi) is 15.2. The van der Waals surface area contributed by atoms with Crippen molar-refractivity contribution in [3.8, 4) is 5.75 Å². The van der Waals surface area contributed by atoms with Crippen LogP contribution in [-0.4, -0.2) is 80.7 Å². The number of amides is 1. The summed E-state index contributed by atoms with van der Waals surface area (Å²) in [5, 5.41) is 39.0. The second-order valence-corrected chi connectivity index (χ2v) is 9.52. The maximum Gasteiger partial charge on any atom is 0.490 e. The zero-order valence-corrected chi connectivity index (χ0v) is 25.0. The van der Waals surface area contributed by atoms with E-state index in [4.69, 9.17) is 46.8 Å². The molecule has 9 N–H and O–H groups in total. The summed E-state index contributed by atoms with van der Waals surface area (Å²) in [5.41, 5.74) is 13.2. The topological polar surface area (TPSA) is 241 Å². The van der Waals surface area contributed by atoms with Gasteiger partial charge in [0.25, 0.3) is 5.91 Å². The lowest BCUT2D eigenvalue weighted by molar-refractivity contribution is -0.193. The minimum absolute atomic E-state index is 0.0856. The number of amidine groups is 2. The van der Waals surface area contributed by atoms with E-state index in [1.165, 1.54) is 4.90 Å². The average Bonchev–Trinajstić information content (AvgIpc) is 3.02. The molecule has 19 heteroatoms. The number of halogens is 6. The molecule has 0 unspecified atom stereocenters. The molecule has 0 fully saturated rings. The first-order valence-electron chi connectivity index (χ1n) is 13.3. The highest BCUT2D eigenvalue weighted by atomic mass is 19.4. The molecule has 0 radical (unpaired) electrons. The van der Waals surface area contributed by atoms with E-state index in [1.807, 2.05) is 30.3 Å². The van der Waals surface area contributed by atoms with Gasteiger partial charge in [0.15, 0.2) is 0 Å². The van der Waals surface area contributed by atoms with Gasteiger partial charge in [-0.3, -0.25) is 20.4 Å². The molecular weight excluding hydrogens is 672 g/mol. The van der Waals surface area contributed by atoms with E-state index in [-0.39, 0.29) is 37.2 Å². The van der Waals surface area contributed by atoms with Crippen molar-refractivity contribution in [1.82, 2.24) is 4.90 Å². The van der Waals surface area contributed by atoms with Crippen molar-refractivity contribution in [2.75, 3.05) is 6.61 Å². The Morgan fingerprint density at radius 2 is 1.18 bits per heavy atom. The number of carbonyl (C=O) groups excluding carboxylic acids is 1. The molecule has 1 atom stereocenters. The zero-order chi connectivity index (χ0) is 37.5. The fraction of sp³-hybridized carbons (Fsp3) is 0.200. The summed E-state index contributed by atoms with van der Waals surface area (Å²) in [4.78, 5) is 44.5. The Balaban J connectivity index is 0.000000717. The van der Waals surface area contributed by atoms with Crippen molar-refractivity contribution < 1.29 is 65.6 Å². The van der Waals surface area contributed by atoms with Gasteiger partial charge in [0.05, 0.1) is 12.5 Å². The number of rotatable bonds is 11. The van der Waals surface area contributed by atoms with E-state index >= 15 is 0 Å². The van der Waals surface area contributed by atoms with Crippen molar-refractivity contribution in [2.24, 2.45) is 11.5 Å². The summed E-state index contributed by atoms with van der Waals surface area (Å²) in [6.45, 7) is 0.0840. The lowest BCUT2D eigenvalue weighted by Crippen LogP contribution is -2.44. The van der Waals surface area contributed by atoms with Gasteiger partial charge in [0.2, 0.25) is 0 Å². The summed E-state index contributed by atoms with van der Waals surface area (Å²) >= 11 is 0. The van der Waals surface area contributed by atoms with Crippen molar-refractivity contribution in [1.29, 1.82) is 10.8 Å². The molecule has 13 nitrogen and oxygen atoms in total. The number of alkyl halides is 6. The minimum Gasteiger partial charge on any atom is -0.491 e. The number of nitrogens with one attached hydrogen (secondary N) is 2. The maximum absolute atomic E-state index is 13.6. The number of carboxylic acid groups (broad SMARTS) is 3. The summed E-state index contributed by atoms with van der Waals surface area (Å²) in [5.74, 6) is -6.79. The number of nitrogens with two attached hydrogens (primary N) is 2. The van der Waals surface area contributed by atoms with E-state index in [0.717, 1.165) is 5.56 Å². The highest BCUT2D eigenvalue weighted by Gasteiger charge is 2.39. The van der Waals surface area contributed by atoms with Gasteiger partial charge in [0.1, 0.15) is 24.0 Å². The molecule has 0 spiro atoms. The summed E-state index contributed by atoms with van der Waals surface area (Å²) in [7, 11) is 0. The maximum atomic E-state index is 13.6. The van der Waals surface area contributed by atoms with Gasteiger partial charge in [0, 0.05) is 23.2 Å². The van der Waals surface area contributed by atoms with Crippen LogP contribution in [0.4, 0.5) is 26.3 Å². The highest BCUT2D eigenvalue weighted by Crippen LogP contribution is 2.20. The number of hydrogen-bond acceptors (Lipinski definition) is 7. The van der Waals surface area contributed by atoms with Crippen LogP contribution >= 0.6 is 0 Å². The first-order chi connectivity index (χ1) is 22.6. The normalized spacial score (nSPS) is 11.3. The molecule has 264 valence electrons. The van der Waals surface area contributed by atoms with Gasteiger partial charge in [-0.25, -0.2) is 9.59 Å². The van der Waals surface area contributed by atoms with Crippen LogP contribution in [-0.2, 0) is 20.9 Å². The third-order valence-corrected chi connectivity index (χ3v) is 5.82. The van der Waals surface area contributed by atoms with Crippen molar-refractivity contribution in [2.45, 2.75) is 31.4 Å². The van der Waals surface area contributed by atoms with Crippen LogP contribution in [0.3, 0.4) is 0 Å². The number of nitrogens with zero attached hydrogens (tertiary/aromatic N) is 1. The summed E-state index contributed by atoms with van der Waals surface area (Å²) in [6.07, 6.45) is -10.5. The molecule has 3 aromatic carbocycles. The second-order valence-electron chi connectivity index (χ2n) is 9.52. The monoisotopic (exact) mass is 701 g/mol. The number of nitrogen functional groups attached to an aromatic ring is 2. The Labute approximate surface area is 273 Å². The van der Waals surface area contributed by atoms with Crippen LogP contribution < -0.4 is 16.2 Å². The molecule has 0 aliphatic heterocycles. The van der Waals surface area contributed by atoms with Gasteiger partial charge >= 0.3 is 30.3 Å². The molecule has 0 saturated heterocycles. The summed E-state index contributed by atoms with van der Waals surface area (Å²) < 4.78 is 69.3. The van der Waals surface area contributed by atoms with Gasteiger partial charge in [-0.1, -0.05) is 54.6 Å². The Bertz CT molecular complexity index is 1590. The van der Waals surface area contributed by atoms with Crippen molar-refractivity contribution in [3.05, 3.63) is 101 Å². The lowest BCUT2D eigenvalue weighted by Gasteiger charge is -2.31. The second kappa shape index (κ2) is 18.3. The molecule has 3 rings (SSSR count). The minimum atomic E-state index is -5.08. The number of aliphatic carboxylic acids is 3. The Morgan fingerprint density at radius 1 is 0.714 bits per heavy atom. The molecule has 0 aliphatic carbocycles. The van der Waals surface area contributed by atoms with Crippen LogP contribution in [0.25, 0.3) is 0 Å². The van der Waals surface area contributed by atoms with Crippen LogP contribution in [0.5, 0.6) is 5.75 Å². The number of ether oxygens (including phenoxy) is 1. The highest BCUT2D eigenvalue weighted by molar-refractivity contribution is 5.98. The Hall–Kier alpha value is -6.14. The van der Waals surface area contributed by atoms with E-state index in [2.05, 4.69) is 0 Å². The first-order valence-corrected chi connectivity index (χ1v) is 13.3. The summed E-state index contributed by atoms with van der Waals surface area (Å²) in [6, 6.07) is 21.3. The molecule has 0 bridgehead atoms. The zero-order valence-electron chi connectivity index (χ0n) is 25.0. The molecular formula is C30H29F6N5O8. The predicted octanol–water partition coefficient (Wildman–Crippen LogP) is 4.09. The molecule has 0 aliphatic rings. The SMILES string of the molecule is N=C(N)c1ccc(C(=O)N(Cc2ccccc2)[C@@H](COc2cccc(C(=N)N)c2)CC(=O)O)cc1.O=C(O)C(F)(F)F.O=C(O)C(F)(F)F. The third-order valence-electron chi connectivity index (χ3n) is 5.82. The Morgan fingerprint density at radius 3 is 1.61 bits per heavy atom. The van der Waals surface area contributed by atoms with Gasteiger partial charge in [-0.05, 0) is 29.8 Å². The average molecular weight is 702 g/mol. The van der Waals surface area contributed by atoms with Crippen LogP contribution in [0.2, 0.25) is 0 Å². The third kappa shape index (κ3) is 14.9. The fourth-order valence-electron chi connectivity index (χ4n) is 3.51. The van der Waals surface area contributed by atoms with Crippen LogP contribution in [0, 0.1) is 10.8 Å². The van der Waals surface area contributed by atoms with Crippen molar-refractivity contribution in [3.63, 3.8) is 0 Å². The molecule has 3 aromatic rings. The van der Waals surface area contributed by atoms with Gasteiger partial charge in [-0.15, -0.1) is 0 Å². The fourth-order valence-corrected chi connectivity index (χ4v) is 3.51. The largest absolute Gasteiger partial charge is 0.491 e. The van der Waals surface area contributed by atoms with E-state index in [1.54, 1.807) is 48.5 Å². The smallest absolute Gasteiger partial charge is 0.490 e. The molecule has 49 heavy (non-hydrogen) atoms. The quantitative estimate of drug-likeness (QED) is 0.0858. The van der Waals surface area contributed by atoms with E-state index in [9.17, 15) is 41.0 Å².